The van der Waals surface area contributed by atoms with Crippen molar-refractivity contribution in [2.75, 3.05) is 19.0 Å². The quantitative estimate of drug-likeness (QED) is 0.710. The third-order valence-electron chi connectivity index (χ3n) is 4.20. The maximum Gasteiger partial charge on any atom is 0.312 e. The Morgan fingerprint density at radius 3 is 3.12 bits per heavy atom. The Hall–Kier alpha value is -2.68. The highest BCUT2D eigenvalue weighted by Crippen LogP contribution is 2.28. The van der Waals surface area contributed by atoms with Crippen molar-refractivity contribution in [3.8, 4) is 5.75 Å². The van der Waals surface area contributed by atoms with Crippen molar-refractivity contribution in [1.82, 2.24) is 19.5 Å². The highest BCUT2D eigenvalue weighted by molar-refractivity contribution is 5.82. The molecule has 1 unspecified atom stereocenters. The van der Waals surface area contributed by atoms with Crippen LogP contribution in [0.5, 0.6) is 5.75 Å². The largest absolute Gasteiger partial charge is 0.493 e. The van der Waals surface area contributed by atoms with E-state index in [2.05, 4.69) is 20.3 Å². The van der Waals surface area contributed by atoms with Crippen molar-refractivity contribution >= 4 is 17.0 Å². The molecular formula is C16H18FN5O3. The Labute approximate surface area is 143 Å². The zero-order valence-corrected chi connectivity index (χ0v) is 13.7. The molecule has 0 amide bonds. The number of nitrogens with one attached hydrogen (secondary N) is 1. The first-order valence-corrected chi connectivity index (χ1v) is 8.12. The van der Waals surface area contributed by atoms with Crippen LogP contribution in [0.1, 0.15) is 31.3 Å². The Morgan fingerprint density at radius 1 is 1.40 bits per heavy atom. The first-order chi connectivity index (χ1) is 12.3. The number of anilines is 1. The molecule has 9 heteroatoms. The average molecular weight is 347 g/mol. The van der Waals surface area contributed by atoms with E-state index < -0.39 is 6.08 Å². The number of hydrogen-bond donors (Lipinski definition) is 1. The van der Waals surface area contributed by atoms with Gasteiger partial charge in [0.2, 0.25) is 0 Å². The third-order valence-corrected chi connectivity index (χ3v) is 4.20. The van der Waals surface area contributed by atoms with Gasteiger partial charge in [-0.25, -0.2) is 4.98 Å². The van der Waals surface area contributed by atoms with E-state index in [4.69, 9.17) is 13.9 Å². The lowest BCUT2D eigenvalue weighted by atomic mass is 10.2. The van der Waals surface area contributed by atoms with Crippen LogP contribution < -0.4 is 10.1 Å². The van der Waals surface area contributed by atoms with Crippen LogP contribution >= 0.6 is 0 Å². The number of furan rings is 1. The van der Waals surface area contributed by atoms with Crippen LogP contribution in [-0.4, -0.2) is 33.2 Å². The highest BCUT2D eigenvalue weighted by atomic mass is 19.1. The van der Waals surface area contributed by atoms with Gasteiger partial charge in [-0.1, -0.05) is 0 Å². The van der Waals surface area contributed by atoms with E-state index in [0.717, 1.165) is 19.3 Å². The number of ether oxygens (including phenoxy) is 2. The molecule has 1 fully saturated rings. The average Bonchev–Trinajstić information content (AvgIpc) is 3.26. The molecule has 8 nitrogen and oxygen atoms in total. The molecule has 132 valence electrons. The number of nitrogens with zero attached hydrogens (tertiary/aromatic N) is 4. The molecule has 4 rings (SSSR count). The van der Waals surface area contributed by atoms with Gasteiger partial charge < -0.3 is 19.2 Å². The lowest BCUT2D eigenvalue weighted by Crippen LogP contribution is -2.18. The zero-order chi connectivity index (χ0) is 17.2. The van der Waals surface area contributed by atoms with E-state index in [0.29, 0.717) is 35.1 Å². The lowest BCUT2D eigenvalue weighted by Gasteiger charge is -2.23. The number of hydrogen-bond acceptors (Lipinski definition) is 7. The molecule has 0 bridgehead atoms. The van der Waals surface area contributed by atoms with Crippen LogP contribution in [0.3, 0.4) is 0 Å². The molecule has 0 aliphatic carbocycles. The van der Waals surface area contributed by atoms with Gasteiger partial charge in [0.15, 0.2) is 28.5 Å². The number of rotatable bonds is 5. The van der Waals surface area contributed by atoms with Crippen LogP contribution in [0.2, 0.25) is 0 Å². The van der Waals surface area contributed by atoms with Crippen molar-refractivity contribution in [3.63, 3.8) is 0 Å². The SMILES string of the molecule is COc1ccoc1CNc1nc(F)nc2c1ncn2C1CCCCO1. The number of fused-ring (bicyclic) bond motifs is 1. The second kappa shape index (κ2) is 6.67. The van der Waals surface area contributed by atoms with Crippen LogP contribution in [0, 0.1) is 6.08 Å². The minimum absolute atomic E-state index is 0.175. The molecule has 1 aliphatic rings. The van der Waals surface area contributed by atoms with Gasteiger partial charge in [-0.3, -0.25) is 4.57 Å². The summed E-state index contributed by atoms with van der Waals surface area (Å²) >= 11 is 0. The Balaban J connectivity index is 1.64. The Kier molecular flexibility index (Phi) is 4.22. The molecule has 3 aromatic heterocycles. The van der Waals surface area contributed by atoms with Gasteiger partial charge in [-0.15, -0.1) is 0 Å². The minimum Gasteiger partial charge on any atom is -0.493 e. The molecule has 1 N–H and O–H groups in total. The normalized spacial score (nSPS) is 17.8. The summed E-state index contributed by atoms with van der Waals surface area (Å²) in [4.78, 5) is 12.1. The molecule has 0 saturated carbocycles. The van der Waals surface area contributed by atoms with E-state index in [1.54, 1.807) is 24.1 Å². The molecular weight excluding hydrogens is 329 g/mol. The lowest BCUT2D eigenvalue weighted by molar-refractivity contribution is -0.0298. The molecule has 1 saturated heterocycles. The predicted octanol–water partition coefficient (Wildman–Crippen LogP) is 2.88. The summed E-state index contributed by atoms with van der Waals surface area (Å²) in [5.41, 5.74) is 0.898. The van der Waals surface area contributed by atoms with Gasteiger partial charge in [-0.05, 0) is 19.3 Å². The maximum atomic E-state index is 13.9. The first-order valence-electron chi connectivity index (χ1n) is 8.12. The maximum absolute atomic E-state index is 13.9. The molecule has 0 aromatic carbocycles. The smallest absolute Gasteiger partial charge is 0.312 e. The van der Waals surface area contributed by atoms with Gasteiger partial charge in [0.05, 0.1) is 26.2 Å². The van der Waals surface area contributed by atoms with Crippen LogP contribution in [0.15, 0.2) is 23.1 Å². The van der Waals surface area contributed by atoms with E-state index in [1.807, 2.05) is 0 Å². The van der Waals surface area contributed by atoms with E-state index in [-0.39, 0.29) is 12.8 Å². The summed E-state index contributed by atoms with van der Waals surface area (Å²) in [6, 6.07) is 1.71. The Morgan fingerprint density at radius 2 is 2.32 bits per heavy atom. The highest BCUT2D eigenvalue weighted by Gasteiger charge is 2.21. The summed E-state index contributed by atoms with van der Waals surface area (Å²) < 4.78 is 32.0. The zero-order valence-electron chi connectivity index (χ0n) is 13.7. The van der Waals surface area contributed by atoms with Gasteiger partial charge in [0, 0.05) is 12.7 Å². The molecule has 1 aliphatic heterocycles. The number of methoxy groups -OCH3 is 1. The molecule has 3 aromatic rings. The minimum atomic E-state index is -0.820. The summed E-state index contributed by atoms with van der Waals surface area (Å²) in [5.74, 6) is 1.50. The summed E-state index contributed by atoms with van der Waals surface area (Å²) in [6.45, 7) is 0.968. The second-order valence-electron chi connectivity index (χ2n) is 5.75. The predicted molar refractivity (Wildman–Crippen MR) is 86.7 cm³/mol. The molecule has 25 heavy (non-hydrogen) atoms. The van der Waals surface area contributed by atoms with Crippen LogP contribution in [-0.2, 0) is 11.3 Å². The second-order valence-corrected chi connectivity index (χ2v) is 5.75. The molecule has 0 spiro atoms. The summed E-state index contributed by atoms with van der Waals surface area (Å²) in [7, 11) is 1.56. The standard InChI is InChI=1S/C16H18FN5O3/c1-23-10-5-7-24-11(10)8-18-14-13-15(21-16(17)20-14)22(9-19-13)12-4-2-3-6-25-12/h5,7,9,12H,2-4,6,8H2,1H3,(H,18,20,21). The van der Waals surface area contributed by atoms with E-state index in [9.17, 15) is 4.39 Å². The third kappa shape index (κ3) is 3.02. The van der Waals surface area contributed by atoms with Gasteiger partial charge >= 0.3 is 6.08 Å². The van der Waals surface area contributed by atoms with Crippen molar-refractivity contribution < 1.29 is 18.3 Å². The van der Waals surface area contributed by atoms with E-state index in [1.165, 1.54) is 6.26 Å². The molecule has 0 radical (unpaired) electrons. The fraction of sp³-hybridized carbons (Fsp3) is 0.438. The molecule has 4 heterocycles. The van der Waals surface area contributed by atoms with E-state index >= 15 is 0 Å². The van der Waals surface area contributed by atoms with Crippen molar-refractivity contribution in [3.05, 3.63) is 30.5 Å². The fourth-order valence-electron chi connectivity index (χ4n) is 2.97. The van der Waals surface area contributed by atoms with Crippen molar-refractivity contribution in [2.45, 2.75) is 32.0 Å². The topological polar surface area (TPSA) is 87.2 Å². The van der Waals surface area contributed by atoms with Gasteiger partial charge in [0.25, 0.3) is 0 Å². The summed E-state index contributed by atoms with van der Waals surface area (Å²) in [6.07, 6.45) is 5.09. The van der Waals surface area contributed by atoms with Crippen LogP contribution in [0.25, 0.3) is 11.2 Å². The fourth-order valence-corrected chi connectivity index (χ4v) is 2.97. The van der Waals surface area contributed by atoms with Crippen LogP contribution in [0.4, 0.5) is 10.2 Å². The number of imidazole rings is 1. The molecule has 1 atom stereocenters. The number of aromatic nitrogens is 4. The van der Waals surface area contributed by atoms with Gasteiger partial charge in [0.1, 0.15) is 6.23 Å². The van der Waals surface area contributed by atoms with Crippen molar-refractivity contribution in [1.29, 1.82) is 0 Å². The Bertz CT molecular complexity index is 872. The number of halogens is 1. The monoisotopic (exact) mass is 347 g/mol. The summed E-state index contributed by atoms with van der Waals surface area (Å²) in [5, 5.41) is 3.04. The van der Waals surface area contributed by atoms with Gasteiger partial charge in [-0.2, -0.15) is 14.4 Å². The van der Waals surface area contributed by atoms with Crippen molar-refractivity contribution in [2.24, 2.45) is 0 Å². The first kappa shape index (κ1) is 15.8.